The van der Waals surface area contributed by atoms with Crippen molar-refractivity contribution >= 4 is 5.91 Å². The molecule has 0 saturated heterocycles. The van der Waals surface area contributed by atoms with Crippen LogP contribution in [-0.4, -0.2) is 24.2 Å². The molecule has 0 spiro atoms. The van der Waals surface area contributed by atoms with Crippen LogP contribution in [0.5, 0.6) is 0 Å². The number of amides is 1. The Morgan fingerprint density at radius 2 is 1.95 bits per heavy atom. The molecule has 3 rings (SSSR count). The van der Waals surface area contributed by atoms with Gasteiger partial charge in [0.2, 0.25) is 0 Å². The lowest BCUT2D eigenvalue weighted by molar-refractivity contribution is 0.0909. The highest BCUT2D eigenvalue weighted by Gasteiger charge is 2.25. The Hall–Kier alpha value is -1.39. The van der Waals surface area contributed by atoms with Gasteiger partial charge in [-0.1, -0.05) is 18.9 Å². The molecule has 21 heavy (non-hydrogen) atoms. The van der Waals surface area contributed by atoms with Crippen LogP contribution in [0.1, 0.15) is 47.2 Å². The van der Waals surface area contributed by atoms with Gasteiger partial charge in [-0.3, -0.25) is 4.79 Å². The standard InChI is InChI=1S/C17H24N2O2/c20-11-15-4-2-1-3-13(15)10-19-17(21)12-5-6-14-8-18-9-16(14)7-12/h5-7,13,15,18,20H,1-4,8-11H2,(H,19,21). The maximum atomic E-state index is 12.3. The summed E-state index contributed by atoms with van der Waals surface area (Å²) >= 11 is 0. The number of carbonyl (C=O) groups is 1. The molecule has 1 heterocycles. The molecular weight excluding hydrogens is 264 g/mol. The first-order valence-electron chi connectivity index (χ1n) is 7.99. The van der Waals surface area contributed by atoms with E-state index in [0.29, 0.717) is 18.4 Å². The predicted molar refractivity (Wildman–Crippen MR) is 81.9 cm³/mol. The number of benzene rings is 1. The van der Waals surface area contributed by atoms with E-state index >= 15 is 0 Å². The van der Waals surface area contributed by atoms with E-state index in [-0.39, 0.29) is 12.5 Å². The van der Waals surface area contributed by atoms with E-state index < -0.39 is 0 Å². The third-order valence-corrected chi connectivity index (χ3v) is 4.93. The number of fused-ring (bicyclic) bond motifs is 1. The monoisotopic (exact) mass is 288 g/mol. The molecule has 0 radical (unpaired) electrons. The highest BCUT2D eigenvalue weighted by molar-refractivity contribution is 5.94. The minimum Gasteiger partial charge on any atom is -0.396 e. The van der Waals surface area contributed by atoms with E-state index in [0.717, 1.165) is 31.5 Å². The smallest absolute Gasteiger partial charge is 0.251 e. The average Bonchev–Trinajstić information content (AvgIpc) is 3.00. The highest BCUT2D eigenvalue weighted by Crippen LogP contribution is 2.29. The largest absolute Gasteiger partial charge is 0.396 e. The molecule has 1 amide bonds. The first kappa shape index (κ1) is 14.5. The first-order chi connectivity index (χ1) is 10.3. The van der Waals surface area contributed by atoms with Crippen molar-refractivity contribution < 1.29 is 9.90 Å². The fourth-order valence-electron chi connectivity index (χ4n) is 3.56. The number of carbonyl (C=O) groups excluding carboxylic acids is 1. The van der Waals surface area contributed by atoms with Crippen molar-refractivity contribution in [3.63, 3.8) is 0 Å². The molecule has 1 aliphatic carbocycles. The number of hydrogen-bond acceptors (Lipinski definition) is 3. The van der Waals surface area contributed by atoms with Gasteiger partial charge in [0, 0.05) is 31.8 Å². The third-order valence-electron chi connectivity index (χ3n) is 4.93. The van der Waals surface area contributed by atoms with Crippen LogP contribution in [0.4, 0.5) is 0 Å². The molecule has 4 heteroatoms. The lowest BCUT2D eigenvalue weighted by Gasteiger charge is -2.30. The van der Waals surface area contributed by atoms with Gasteiger partial charge in [-0.15, -0.1) is 0 Å². The zero-order valence-corrected chi connectivity index (χ0v) is 12.4. The summed E-state index contributed by atoms with van der Waals surface area (Å²) in [4.78, 5) is 12.3. The second-order valence-electron chi connectivity index (χ2n) is 6.28. The fourth-order valence-corrected chi connectivity index (χ4v) is 3.56. The van der Waals surface area contributed by atoms with Crippen LogP contribution >= 0.6 is 0 Å². The molecular formula is C17H24N2O2. The molecule has 2 unspecified atom stereocenters. The number of nitrogens with one attached hydrogen (secondary N) is 2. The second-order valence-corrected chi connectivity index (χ2v) is 6.28. The minimum absolute atomic E-state index is 0.00645. The summed E-state index contributed by atoms with van der Waals surface area (Å²) in [6, 6.07) is 5.95. The van der Waals surface area contributed by atoms with Crippen LogP contribution in [-0.2, 0) is 13.1 Å². The fraction of sp³-hybridized carbons (Fsp3) is 0.588. The zero-order valence-electron chi connectivity index (χ0n) is 12.4. The van der Waals surface area contributed by atoms with Gasteiger partial charge in [0.15, 0.2) is 0 Å². The molecule has 1 aliphatic heterocycles. The quantitative estimate of drug-likeness (QED) is 0.792. The minimum atomic E-state index is 0.00645. The Kier molecular flexibility index (Phi) is 4.56. The Morgan fingerprint density at radius 1 is 1.19 bits per heavy atom. The van der Waals surface area contributed by atoms with E-state index in [1.54, 1.807) is 0 Å². The molecule has 3 N–H and O–H groups in total. The normalized spacial score (nSPS) is 24.6. The number of rotatable bonds is 4. The van der Waals surface area contributed by atoms with Crippen LogP contribution in [0.25, 0.3) is 0 Å². The molecule has 0 bridgehead atoms. The van der Waals surface area contributed by atoms with E-state index in [1.807, 2.05) is 18.2 Å². The van der Waals surface area contributed by atoms with Crippen molar-refractivity contribution in [1.29, 1.82) is 0 Å². The van der Waals surface area contributed by atoms with Gasteiger partial charge in [-0.25, -0.2) is 0 Å². The van der Waals surface area contributed by atoms with E-state index in [1.165, 1.54) is 24.0 Å². The van der Waals surface area contributed by atoms with Crippen molar-refractivity contribution in [3.8, 4) is 0 Å². The third kappa shape index (κ3) is 3.27. The molecule has 2 aliphatic rings. The maximum absolute atomic E-state index is 12.3. The summed E-state index contributed by atoms with van der Waals surface area (Å²) < 4.78 is 0. The van der Waals surface area contributed by atoms with Gasteiger partial charge in [0.25, 0.3) is 5.91 Å². The van der Waals surface area contributed by atoms with E-state index in [4.69, 9.17) is 0 Å². The van der Waals surface area contributed by atoms with Crippen molar-refractivity contribution in [2.24, 2.45) is 11.8 Å². The molecule has 2 atom stereocenters. The van der Waals surface area contributed by atoms with Crippen molar-refractivity contribution in [2.45, 2.75) is 38.8 Å². The van der Waals surface area contributed by atoms with Crippen LogP contribution in [0.15, 0.2) is 18.2 Å². The lowest BCUT2D eigenvalue weighted by Crippen LogP contribution is -2.35. The van der Waals surface area contributed by atoms with Gasteiger partial charge < -0.3 is 15.7 Å². The van der Waals surface area contributed by atoms with E-state index in [9.17, 15) is 9.90 Å². The molecule has 1 saturated carbocycles. The SMILES string of the molecule is O=C(NCC1CCCCC1CO)c1ccc2c(c1)CNC2. The Labute approximate surface area is 125 Å². The summed E-state index contributed by atoms with van der Waals surface area (Å²) in [5.74, 6) is 0.777. The van der Waals surface area contributed by atoms with Crippen LogP contribution in [0.3, 0.4) is 0 Å². The molecule has 1 aromatic rings. The predicted octanol–water partition coefficient (Wildman–Crippen LogP) is 1.82. The number of hydrogen-bond donors (Lipinski definition) is 3. The summed E-state index contributed by atoms with van der Waals surface area (Å²) in [7, 11) is 0. The lowest BCUT2D eigenvalue weighted by atomic mass is 9.79. The first-order valence-corrected chi connectivity index (χ1v) is 7.99. The van der Waals surface area contributed by atoms with Gasteiger partial charge >= 0.3 is 0 Å². The Bertz CT molecular complexity index is 516. The van der Waals surface area contributed by atoms with Gasteiger partial charge in [0.05, 0.1) is 0 Å². The second kappa shape index (κ2) is 6.58. The van der Waals surface area contributed by atoms with Gasteiger partial charge in [-0.2, -0.15) is 0 Å². The van der Waals surface area contributed by atoms with Gasteiger partial charge in [0.1, 0.15) is 0 Å². The topological polar surface area (TPSA) is 61.4 Å². The molecule has 4 nitrogen and oxygen atoms in total. The summed E-state index contributed by atoms with van der Waals surface area (Å²) in [6.45, 7) is 2.67. The molecule has 0 aromatic heterocycles. The molecule has 1 fully saturated rings. The van der Waals surface area contributed by atoms with Crippen molar-refractivity contribution in [2.75, 3.05) is 13.2 Å². The van der Waals surface area contributed by atoms with E-state index in [2.05, 4.69) is 10.6 Å². The maximum Gasteiger partial charge on any atom is 0.251 e. The number of aliphatic hydroxyl groups is 1. The summed E-state index contributed by atoms with van der Waals surface area (Å²) in [5.41, 5.74) is 3.27. The molecule has 1 aromatic carbocycles. The summed E-state index contributed by atoms with van der Waals surface area (Å²) in [6.07, 6.45) is 4.61. The van der Waals surface area contributed by atoms with Crippen LogP contribution < -0.4 is 10.6 Å². The zero-order chi connectivity index (χ0) is 14.7. The molecule has 114 valence electrons. The summed E-state index contributed by atoms with van der Waals surface area (Å²) in [5, 5.41) is 15.8. The van der Waals surface area contributed by atoms with Crippen molar-refractivity contribution in [1.82, 2.24) is 10.6 Å². The average molecular weight is 288 g/mol. The highest BCUT2D eigenvalue weighted by atomic mass is 16.3. The Morgan fingerprint density at radius 3 is 2.76 bits per heavy atom. The van der Waals surface area contributed by atoms with Crippen LogP contribution in [0.2, 0.25) is 0 Å². The van der Waals surface area contributed by atoms with Crippen LogP contribution in [0, 0.1) is 11.8 Å². The number of aliphatic hydroxyl groups excluding tert-OH is 1. The van der Waals surface area contributed by atoms with Crippen molar-refractivity contribution in [3.05, 3.63) is 34.9 Å². The Balaban J connectivity index is 1.58. The van der Waals surface area contributed by atoms with Gasteiger partial charge in [-0.05, 0) is 47.9 Å².